The number of benzene rings is 1. The van der Waals surface area contributed by atoms with Crippen LogP contribution in [0, 0.1) is 0 Å². The van der Waals surface area contributed by atoms with Crippen molar-refractivity contribution in [1.82, 2.24) is 0 Å². The van der Waals surface area contributed by atoms with Crippen molar-refractivity contribution in [2.45, 2.75) is 20.3 Å². The molecular weight excluding hydrogens is 172 g/mol. The van der Waals surface area contributed by atoms with E-state index in [2.05, 4.69) is 0 Å². The van der Waals surface area contributed by atoms with Gasteiger partial charge >= 0.3 is 0 Å². The van der Waals surface area contributed by atoms with Crippen molar-refractivity contribution in [3.05, 3.63) is 34.3 Å². The quantitative estimate of drug-likeness (QED) is 0.643. The van der Waals surface area contributed by atoms with E-state index in [0.717, 1.165) is 12.0 Å². The summed E-state index contributed by atoms with van der Waals surface area (Å²) in [5.74, 6) is 0.0622. The molecule has 1 rings (SSSR count). The first kappa shape index (κ1) is 9.27. The molecule has 0 heterocycles. The Morgan fingerprint density at radius 1 is 1.42 bits per heavy atom. The average molecular weight is 183 g/mol. The Morgan fingerprint density at radius 2 is 2.08 bits per heavy atom. The SMILES string of the molecule is CCc1cc(Cl)cc(C(C)=O)c1. The third-order valence-corrected chi connectivity index (χ3v) is 1.99. The fourth-order valence-electron chi connectivity index (χ4n) is 1.06. The zero-order valence-electron chi connectivity index (χ0n) is 7.23. The van der Waals surface area contributed by atoms with Crippen LogP contribution in [0.2, 0.25) is 5.02 Å². The molecule has 1 aromatic carbocycles. The maximum absolute atomic E-state index is 11.0. The summed E-state index contributed by atoms with van der Waals surface area (Å²) in [5.41, 5.74) is 1.80. The third-order valence-electron chi connectivity index (χ3n) is 1.77. The molecule has 0 fully saturated rings. The van der Waals surface area contributed by atoms with Crippen LogP contribution in [0.5, 0.6) is 0 Å². The second-order valence-electron chi connectivity index (χ2n) is 2.76. The molecule has 0 aliphatic heterocycles. The van der Waals surface area contributed by atoms with E-state index in [1.807, 2.05) is 19.1 Å². The molecule has 0 aromatic heterocycles. The van der Waals surface area contributed by atoms with Crippen LogP contribution in [0.25, 0.3) is 0 Å². The zero-order valence-corrected chi connectivity index (χ0v) is 7.98. The van der Waals surface area contributed by atoms with Crippen LogP contribution in [0.15, 0.2) is 18.2 Å². The van der Waals surface area contributed by atoms with Gasteiger partial charge in [-0.2, -0.15) is 0 Å². The molecule has 0 atom stereocenters. The molecule has 64 valence electrons. The van der Waals surface area contributed by atoms with Crippen molar-refractivity contribution in [3.8, 4) is 0 Å². The maximum atomic E-state index is 11.0. The number of Topliss-reactive ketones (excluding diaryl/α,β-unsaturated/α-hetero) is 1. The van der Waals surface area contributed by atoms with E-state index < -0.39 is 0 Å². The first-order valence-electron chi connectivity index (χ1n) is 3.94. The molecule has 0 unspecified atom stereocenters. The number of hydrogen-bond donors (Lipinski definition) is 0. The van der Waals surface area contributed by atoms with Crippen LogP contribution in [0.4, 0.5) is 0 Å². The van der Waals surface area contributed by atoms with Crippen molar-refractivity contribution in [2.24, 2.45) is 0 Å². The molecule has 0 radical (unpaired) electrons. The summed E-state index contributed by atoms with van der Waals surface area (Å²) < 4.78 is 0. The van der Waals surface area contributed by atoms with Crippen molar-refractivity contribution in [1.29, 1.82) is 0 Å². The molecule has 0 saturated heterocycles. The number of hydrogen-bond acceptors (Lipinski definition) is 1. The van der Waals surface area contributed by atoms with Gasteiger partial charge in [0.15, 0.2) is 5.78 Å². The van der Waals surface area contributed by atoms with Crippen LogP contribution in [0.1, 0.15) is 29.8 Å². The highest BCUT2D eigenvalue weighted by Crippen LogP contribution is 2.15. The number of rotatable bonds is 2. The molecule has 0 bridgehead atoms. The standard InChI is InChI=1S/C10H11ClO/c1-3-8-4-9(7(2)12)6-10(11)5-8/h4-6H,3H2,1-2H3. The van der Waals surface area contributed by atoms with E-state index in [4.69, 9.17) is 11.6 Å². The minimum Gasteiger partial charge on any atom is -0.295 e. The van der Waals surface area contributed by atoms with Gasteiger partial charge in [0.1, 0.15) is 0 Å². The second-order valence-corrected chi connectivity index (χ2v) is 3.19. The van der Waals surface area contributed by atoms with Gasteiger partial charge in [0.25, 0.3) is 0 Å². The van der Waals surface area contributed by atoms with Gasteiger partial charge in [0, 0.05) is 10.6 Å². The van der Waals surface area contributed by atoms with Gasteiger partial charge in [-0.1, -0.05) is 18.5 Å². The minimum absolute atomic E-state index is 0.0622. The Bertz CT molecular complexity index is 305. The summed E-state index contributed by atoms with van der Waals surface area (Å²) in [6, 6.07) is 5.46. The monoisotopic (exact) mass is 182 g/mol. The van der Waals surface area contributed by atoms with Crippen LogP contribution < -0.4 is 0 Å². The normalized spacial score (nSPS) is 9.92. The molecule has 1 nitrogen and oxygen atoms in total. The Labute approximate surface area is 77.4 Å². The minimum atomic E-state index is 0.0622. The van der Waals surface area contributed by atoms with Gasteiger partial charge < -0.3 is 0 Å². The number of carbonyl (C=O) groups excluding carboxylic acids is 1. The lowest BCUT2D eigenvalue weighted by Gasteiger charge is -2.01. The molecule has 1 aromatic rings. The topological polar surface area (TPSA) is 17.1 Å². The summed E-state index contributed by atoms with van der Waals surface area (Å²) in [4.78, 5) is 11.0. The van der Waals surface area contributed by atoms with Gasteiger partial charge in [-0.15, -0.1) is 0 Å². The molecule has 0 aliphatic rings. The Hall–Kier alpha value is -0.820. The summed E-state index contributed by atoms with van der Waals surface area (Å²) in [5, 5.41) is 0.638. The van der Waals surface area contributed by atoms with Crippen molar-refractivity contribution in [3.63, 3.8) is 0 Å². The summed E-state index contributed by atoms with van der Waals surface area (Å²) >= 11 is 5.82. The number of halogens is 1. The lowest BCUT2D eigenvalue weighted by atomic mass is 10.1. The fourth-order valence-corrected chi connectivity index (χ4v) is 1.32. The highest BCUT2D eigenvalue weighted by Gasteiger charge is 2.01. The zero-order chi connectivity index (χ0) is 9.14. The molecule has 0 spiro atoms. The Balaban J connectivity index is 3.15. The van der Waals surface area contributed by atoms with E-state index >= 15 is 0 Å². The Morgan fingerprint density at radius 3 is 2.58 bits per heavy atom. The highest BCUT2D eigenvalue weighted by molar-refractivity contribution is 6.31. The lowest BCUT2D eigenvalue weighted by molar-refractivity contribution is 0.101. The van der Waals surface area contributed by atoms with Crippen LogP contribution >= 0.6 is 11.6 Å². The van der Waals surface area contributed by atoms with Crippen molar-refractivity contribution >= 4 is 17.4 Å². The van der Waals surface area contributed by atoms with Gasteiger partial charge in [-0.3, -0.25) is 4.79 Å². The predicted molar refractivity (Wildman–Crippen MR) is 50.8 cm³/mol. The predicted octanol–water partition coefficient (Wildman–Crippen LogP) is 3.11. The van der Waals surface area contributed by atoms with E-state index in [-0.39, 0.29) is 5.78 Å². The second kappa shape index (κ2) is 3.72. The first-order valence-corrected chi connectivity index (χ1v) is 4.31. The largest absolute Gasteiger partial charge is 0.295 e. The lowest BCUT2D eigenvalue weighted by Crippen LogP contribution is -1.93. The van der Waals surface area contributed by atoms with Gasteiger partial charge in [-0.25, -0.2) is 0 Å². The summed E-state index contributed by atoms with van der Waals surface area (Å²) in [7, 11) is 0. The highest BCUT2D eigenvalue weighted by atomic mass is 35.5. The molecule has 0 saturated carbocycles. The van der Waals surface area contributed by atoms with Crippen LogP contribution in [-0.4, -0.2) is 5.78 Å². The molecule has 0 aliphatic carbocycles. The number of aryl methyl sites for hydroxylation is 1. The smallest absolute Gasteiger partial charge is 0.159 e. The molecule has 12 heavy (non-hydrogen) atoms. The van der Waals surface area contributed by atoms with Crippen LogP contribution in [-0.2, 0) is 6.42 Å². The number of ketones is 1. The van der Waals surface area contributed by atoms with E-state index in [0.29, 0.717) is 10.6 Å². The summed E-state index contributed by atoms with van der Waals surface area (Å²) in [6.45, 7) is 3.58. The van der Waals surface area contributed by atoms with E-state index in [1.165, 1.54) is 0 Å². The molecule has 0 N–H and O–H groups in total. The van der Waals surface area contributed by atoms with Crippen LogP contribution in [0.3, 0.4) is 0 Å². The molecule has 0 amide bonds. The fraction of sp³-hybridized carbons (Fsp3) is 0.300. The number of carbonyl (C=O) groups is 1. The van der Waals surface area contributed by atoms with Crippen molar-refractivity contribution < 1.29 is 4.79 Å². The van der Waals surface area contributed by atoms with Gasteiger partial charge in [0.05, 0.1) is 0 Å². The first-order chi connectivity index (χ1) is 5.63. The maximum Gasteiger partial charge on any atom is 0.159 e. The van der Waals surface area contributed by atoms with E-state index in [9.17, 15) is 4.79 Å². The third kappa shape index (κ3) is 2.08. The Kier molecular flexibility index (Phi) is 2.88. The average Bonchev–Trinajstić information content (AvgIpc) is 2.03. The summed E-state index contributed by atoms with van der Waals surface area (Å²) in [6.07, 6.45) is 0.904. The van der Waals surface area contributed by atoms with Crippen molar-refractivity contribution in [2.75, 3.05) is 0 Å². The molecular formula is C10H11ClO. The van der Waals surface area contributed by atoms with Gasteiger partial charge in [-0.05, 0) is 37.1 Å². The van der Waals surface area contributed by atoms with Gasteiger partial charge in [0.2, 0.25) is 0 Å². The van der Waals surface area contributed by atoms with E-state index in [1.54, 1.807) is 13.0 Å². The molecule has 2 heteroatoms.